The third-order valence-corrected chi connectivity index (χ3v) is 3.88. The Kier molecular flexibility index (Phi) is 3.88. The standard InChI is InChI=1S/C18H17NO4/c1-13(20)23-18(22-2)16(14-9-5-3-6-10-14)19(17(18)21)15-11-7-4-8-12-15/h3-12,16H,1-2H3. The van der Waals surface area contributed by atoms with Gasteiger partial charge < -0.3 is 9.47 Å². The van der Waals surface area contributed by atoms with Gasteiger partial charge in [-0.15, -0.1) is 0 Å². The second-order valence-corrected chi connectivity index (χ2v) is 5.29. The van der Waals surface area contributed by atoms with Crippen LogP contribution in [0.5, 0.6) is 0 Å². The summed E-state index contributed by atoms with van der Waals surface area (Å²) >= 11 is 0. The zero-order chi connectivity index (χ0) is 16.4. The summed E-state index contributed by atoms with van der Waals surface area (Å²) in [7, 11) is 1.37. The van der Waals surface area contributed by atoms with E-state index in [0.717, 1.165) is 11.3 Å². The first-order valence-electron chi connectivity index (χ1n) is 7.28. The van der Waals surface area contributed by atoms with E-state index in [1.807, 2.05) is 60.7 Å². The lowest BCUT2D eigenvalue weighted by Crippen LogP contribution is -2.71. The Hall–Kier alpha value is -2.66. The predicted molar refractivity (Wildman–Crippen MR) is 84.6 cm³/mol. The van der Waals surface area contributed by atoms with E-state index < -0.39 is 23.7 Å². The van der Waals surface area contributed by atoms with Gasteiger partial charge in [-0.3, -0.25) is 14.5 Å². The number of methoxy groups -OCH3 is 1. The molecular formula is C18H17NO4. The van der Waals surface area contributed by atoms with E-state index in [0.29, 0.717) is 0 Å². The van der Waals surface area contributed by atoms with Crippen molar-refractivity contribution in [3.8, 4) is 0 Å². The number of hydrogen-bond donors (Lipinski definition) is 0. The van der Waals surface area contributed by atoms with Crippen LogP contribution in [0.3, 0.4) is 0 Å². The van der Waals surface area contributed by atoms with Crippen molar-refractivity contribution in [2.75, 3.05) is 12.0 Å². The molecule has 0 N–H and O–H groups in total. The molecule has 5 nitrogen and oxygen atoms in total. The van der Waals surface area contributed by atoms with E-state index in [4.69, 9.17) is 9.47 Å². The molecule has 23 heavy (non-hydrogen) atoms. The smallest absolute Gasteiger partial charge is 0.319 e. The zero-order valence-corrected chi connectivity index (χ0v) is 12.9. The molecule has 1 saturated heterocycles. The Labute approximate surface area is 134 Å². The quantitative estimate of drug-likeness (QED) is 0.495. The van der Waals surface area contributed by atoms with Crippen LogP contribution in [0.4, 0.5) is 5.69 Å². The van der Waals surface area contributed by atoms with Crippen molar-refractivity contribution in [1.82, 2.24) is 0 Å². The van der Waals surface area contributed by atoms with Crippen LogP contribution >= 0.6 is 0 Å². The van der Waals surface area contributed by atoms with Crippen LogP contribution in [0.1, 0.15) is 18.5 Å². The number of amides is 1. The molecule has 0 saturated carbocycles. The van der Waals surface area contributed by atoms with Crippen LogP contribution in [-0.2, 0) is 19.1 Å². The molecule has 2 aromatic rings. The van der Waals surface area contributed by atoms with Crippen molar-refractivity contribution in [2.24, 2.45) is 0 Å². The lowest BCUT2D eigenvalue weighted by molar-refractivity contribution is -0.243. The van der Waals surface area contributed by atoms with Gasteiger partial charge in [0.15, 0.2) is 0 Å². The second kappa shape index (κ2) is 5.85. The van der Waals surface area contributed by atoms with Gasteiger partial charge in [-0.2, -0.15) is 0 Å². The van der Waals surface area contributed by atoms with Gasteiger partial charge in [0, 0.05) is 19.7 Å². The van der Waals surface area contributed by atoms with Crippen LogP contribution in [0, 0.1) is 0 Å². The van der Waals surface area contributed by atoms with E-state index in [1.165, 1.54) is 14.0 Å². The topological polar surface area (TPSA) is 55.8 Å². The second-order valence-electron chi connectivity index (χ2n) is 5.29. The van der Waals surface area contributed by atoms with Crippen molar-refractivity contribution in [1.29, 1.82) is 0 Å². The number of β-lactam (4-membered cyclic amide) rings is 1. The molecule has 118 valence electrons. The fourth-order valence-corrected chi connectivity index (χ4v) is 2.92. The molecule has 0 bridgehead atoms. The van der Waals surface area contributed by atoms with E-state index in [9.17, 15) is 9.59 Å². The molecule has 1 heterocycles. The minimum Gasteiger partial charge on any atom is -0.421 e. The number of benzene rings is 2. The Morgan fingerprint density at radius 2 is 1.61 bits per heavy atom. The lowest BCUT2D eigenvalue weighted by atomic mass is 9.86. The van der Waals surface area contributed by atoms with E-state index in [2.05, 4.69) is 0 Å². The molecule has 1 aliphatic heterocycles. The molecule has 0 aliphatic carbocycles. The Morgan fingerprint density at radius 3 is 2.13 bits per heavy atom. The third kappa shape index (κ3) is 2.39. The maximum absolute atomic E-state index is 12.8. The van der Waals surface area contributed by atoms with Gasteiger partial charge in [0.05, 0.1) is 0 Å². The van der Waals surface area contributed by atoms with Crippen molar-refractivity contribution in [2.45, 2.75) is 18.8 Å². The van der Waals surface area contributed by atoms with Crippen LogP contribution in [0.25, 0.3) is 0 Å². The number of hydrogen-bond acceptors (Lipinski definition) is 4. The average molecular weight is 311 g/mol. The summed E-state index contributed by atoms with van der Waals surface area (Å²) in [4.78, 5) is 25.8. The normalized spacial score (nSPS) is 23.3. The monoisotopic (exact) mass is 311 g/mol. The minimum atomic E-state index is -1.62. The third-order valence-electron chi connectivity index (χ3n) is 3.88. The Bertz CT molecular complexity index is 716. The first kappa shape index (κ1) is 15.2. The summed E-state index contributed by atoms with van der Waals surface area (Å²) < 4.78 is 10.7. The number of rotatable bonds is 4. The van der Waals surface area contributed by atoms with Gasteiger partial charge >= 0.3 is 17.7 Å². The van der Waals surface area contributed by atoms with E-state index >= 15 is 0 Å². The molecule has 3 rings (SSSR count). The largest absolute Gasteiger partial charge is 0.421 e. The van der Waals surface area contributed by atoms with Crippen LogP contribution in [0.15, 0.2) is 60.7 Å². The SMILES string of the molecule is COC1(OC(C)=O)C(=O)N(c2ccccc2)C1c1ccccc1. The minimum absolute atomic E-state index is 0.393. The zero-order valence-electron chi connectivity index (χ0n) is 12.9. The summed E-state index contributed by atoms with van der Waals surface area (Å²) in [5.74, 6) is -2.58. The molecule has 0 aromatic heterocycles. The molecule has 1 aliphatic rings. The molecule has 2 atom stereocenters. The fourth-order valence-electron chi connectivity index (χ4n) is 2.92. The van der Waals surface area contributed by atoms with Crippen molar-refractivity contribution in [3.05, 3.63) is 66.2 Å². The summed E-state index contributed by atoms with van der Waals surface area (Å²) in [6, 6.07) is 18.1. The van der Waals surface area contributed by atoms with Crippen LogP contribution < -0.4 is 4.90 Å². The number of para-hydroxylation sites is 1. The number of anilines is 1. The molecule has 2 aromatic carbocycles. The number of carbonyl (C=O) groups is 2. The highest BCUT2D eigenvalue weighted by Crippen LogP contribution is 2.48. The lowest BCUT2D eigenvalue weighted by Gasteiger charge is -2.53. The highest BCUT2D eigenvalue weighted by Gasteiger charge is 2.66. The first-order valence-corrected chi connectivity index (χ1v) is 7.28. The molecule has 1 amide bonds. The van der Waals surface area contributed by atoms with Crippen molar-refractivity contribution < 1.29 is 19.1 Å². The van der Waals surface area contributed by atoms with E-state index in [1.54, 1.807) is 4.90 Å². The van der Waals surface area contributed by atoms with Gasteiger partial charge in [-0.05, 0) is 17.7 Å². The number of esters is 1. The van der Waals surface area contributed by atoms with Gasteiger partial charge in [0.25, 0.3) is 0 Å². The van der Waals surface area contributed by atoms with E-state index in [-0.39, 0.29) is 0 Å². The molecule has 1 fully saturated rings. The molecule has 5 heteroatoms. The number of nitrogens with zero attached hydrogens (tertiary/aromatic N) is 1. The maximum atomic E-state index is 12.8. The molecule has 0 radical (unpaired) electrons. The molecule has 2 unspecified atom stereocenters. The van der Waals surface area contributed by atoms with Crippen LogP contribution in [-0.4, -0.2) is 24.8 Å². The van der Waals surface area contributed by atoms with Gasteiger partial charge in [0.2, 0.25) is 0 Å². The molecular weight excluding hydrogens is 294 g/mol. The molecule has 0 spiro atoms. The maximum Gasteiger partial charge on any atom is 0.319 e. The van der Waals surface area contributed by atoms with Crippen LogP contribution in [0.2, 0.25) is 0 Å². The summed E-state index contributed by atoms with van der Waals surface area (Å²) in [6.07, 6.45) is 0. The Balaban J connectivity index is 2.08. The Morgan fingerprint density at radius 1 is 1.04 bits per heavy atom. The van der Waals surface area contributed by atoms with Crippen molar-refractivity contribution >= 4 is 17.6 Å². The predicted octanol–water partition coefficient (Wildman–Crippen LogP) is 2.68. The summed E-state index contributed by atoms with van der Waals surface area (Å²) in [5.41, 5.74) is 1.56. The number of ether oxygens (including phenoxy) is 2. The van der Waals surface area contributed by atoms with Gasteiger partial charge in [-0.1, -0.05) is 48.5 Å². The number of carbonyl (C=O) groups excluding carboxylic acids is 2. The fraction of sp³-hybridized carbons (Fsp3) is 0.222. The first-order chi connectivity index (χ1) is 11.1. The van der Waals surface area contributed by atoms with Gasteiger partial charge in [-0.25, -0.2) is 0 Å². The highest BCUT2D eigenvalue weighted by atomic mass is 16.7. The average Bonchev–Trinajstić information content (AvgIpc) is 2.58. The highest BCUT2D eigenvalue weighted by molar-refractivity contribution is 6.08. The summed E-state index contributed by atoms with van der Waals surface area (Å²) in [5, 5.41) is 0. The van der Waals surface area contributed by atoms with Crippen molar-refractivity contribution in [3.63, 3.8) is 0 Å². The van der Waals surface area contributed by atoms with Gasteiger partial charge in [0.1, 0.15) is 6.04 Å². The summed E-state index contributed by atoms with van der Waals surface area (Å²) in [6.45, 7) is 1.27.